The lowest BCUT2D eigenvalue weighted by molar-refractivity contribution is -0.140. The quantitative estimate of drug-likeness (QED) is 0.541. The molecule has 1 heterocycles. The average molecular weight is 228 g/mol. The molecule has 1 unspecified atom stereocenters. The molecule has 0 spiro atoms. The minimum atomic E-state index is -0.134. The standard InChI is InChI=1S/C12H24N2O2/c1-14-9-3-4-11(10-14)5-7-13-8-6-12(15)16-2/h11,13H,3-10H2,1-2H3. The molecule has 1 fully saturated rings. The van der Waals surface area contributed by atoms with Crippen LogP contribution in [0.1, 0.15) is 25.7 Å². The summed E-state index contributed by atoms with van der Waals surface area (Å²) in [5.74, 6) is 0.689. The van der Waals surface area contributed by atoms with Crippen LogP contribution in [0.2, 0.25) is 0 Å². The minimum Gasteiger partial charge on any atom is -0.469 e. The maximum Gasteiger partial charge on any atom is 0.306 e. The zero-order valence-corrected chi connectivity index (χ0v) is 10.5. The monoisotopic (exact) mass is 228 g/mol. The number of likely N-dealkylation sites (tertiary alicyclic amines) is 1. The summed E-state index contributed by atoms with van der Waals surface area (Å²) in [7, 11) is 3.62. The van der Waals surface area contributed by atoms with Gasteiger partial charge in [0.15, 0.2) is 0 Å². The number of nitrogens with one attached hydrogen (secondary N) is 1. The molecular formula is C12H24N2O2. The molecule has 16 heavy (non-hydrogen) atoms. The fourth-order valence-corrected chi connectivity index (χ4v) is 2.23. The molecule has 1 atom stereocenters. The van der Waals surface area contributed by atoms with Crippen LogP contribution in [0.25, 0.3) is 0 Å². The molecule has 0 aromatic rings. The van der Waals surface area contributed by atoms with Gasteiger partial charge in [0, 0.05) is 13.1 Å². The van der Waals surface area contributed by atoms with E-state index in [4.69, 9.17) is 0 Å². The molecule has 0 saturated carbocycles. The van der Waals surface area contributed by atoms with Gasteiger partial charge in [-0.3, -0.25) is 4.79 Å². The lowest BCUT2D eigenvalue weighted by atomic mass is 9.95. The molecule has 0 radical (unpaired) electrons. The Hall–Kier alpha value is -0.610. The van der Waals surface area contributed by atoms with E-state index in [1.54, 1.807) is 0 Å². The summed E-state index contributed by atoms with van der Waals surface area (Å²) in [6, 6.07) is 0. The van der Waals surface area contributed by atoms with Gasteiger partial charge in [0.1, 0.15) is 0 Å². The molecule has 0 aliphatic carbocycles. The Kier molecular flexibility index (Phi) is 6.42. The van der Waals surface area contributed by atoms with E-state index in [1.165, 1.54) is 39.5 Å². The number of rotatable bonds is 6. The van der Waals surface area contributed by atoms with Gasteiger partial charge in [-0.2, -0.15) is 0 Å². The van der Waals surface area contributed by atoms with Crippen LogP contribution in [0.5, 0.6) is 0 Å². The van der Waals surface area contributed by atoms with Gasteiger partial charge in [0.05, 0.1) is 13.5 Å². The molecule has 4 nitrogen and oxygen atoms in total. The lowest BCUT2D eigenvalue weighted by Gasteiger charge is -2.29. The third-order valence-electron chi connectivity index (χ3n) is 3.19. The van der Waals surface area contributed by atoms with E-state index in [2.05, 4.69) is 22.0 Å². The maximum atomic E-state index is 10.9. The summed E-state index contributed by atoms with van der Waals surface area (Å²) in [5.41, 5.74) is 0. The summed E-state index contributed by atoms with van der Waals surface area (Å²) < 4.78 is 4.58. The zero-order chi connectivity index (χ0) is 11.8. The Balaban J connectivity index is 1.96. The first kappa shape index (κ1) is 13.5. The van der Waals surface area contributed by atoms with Crippen molar-refractivity contribution in [2.24, 2.45) is 5.92 Å². The molecule has 0 aromatic carbocycles. The van der Waals surface area contributed by atoms with Crippen molar-refractivity contribution in [3.05, 3.63) is 0 Å². The van der Waals surface area contributed by atoms with E-state index in [0.29, 0.717) is 6.42 Å². The molecule has 4 heteroatoms. The van der Waals surface area contributed by atoms with E-state index in [1.807, 2.05) is 0 Å². The highest BCUT2D eigenvalue weighted by Gasteiger charge is 2.16. The van der Waals surface area contributed by atoms with Crippen LogP contribution in [-0.4, -0.2) is 51.2 Å². The third-order valence-corrected chi connectivity index (χ3v) is 3.19. The summed E-state index contributed by atoms with van der Waals surface area (Å²) in [4.78, 5) is 13.3. The number of esters is 1. The van der Waals surface area contributed by atoms with Gasteiger partial charge >= 0.3 is 5.97 Å². The zero-order valence-electron chi connectivity index (χ0n) is 10.5. The highest BCUT2D eigenvalue weighted by Crippen LogP contribution is 2.17. The molecule has 94 valence electrons. The van der Waals surface area contributed by atoms with Gasteiger partial charge in [0.2, 0.25) is 0 Å². The van der Waals surface area contributed by atoms with E-state index >= 15 is 0 Å². The number of ether oxygens (including phenoxy) is 1. The predicted octanol–water partition coefficient (Wildman–Crippen LogP) is 0.871. The fraction of sp³-hybridized carbons (Fsp3) is 0.917. The first-order valence-corrected chi connectivity index (χ1v) is 6.18. The van der Waals surface area contributed by atoms with Gasteiger partial charge in [-0.25, -0.2) is 0 Å². The number of carbonyl (C=O) groups is 1. The van der Waals surface area contributed by atoms with E-state index in [9.17, 15) is 4.79 Å². The van der Waals surface area contributed by atoms with Gasteiger partial charge in [0.25, 0.3) is 0 Å². The molecule has 0 bridgehead atoms. The van der Waals surface area contributed by atoms with Crippen LogP contribution in [0, 0.1) is 5.92 Å². The second kappa shape index (κ2) is 7.63. The molecule has 1 rings (SSSR count). The fourth-order valence-electron chi connectivity index (χ4n) is 2.23. The average Bonchev–Trinajstić information content (AvgIpc) is 2.28. The molecule has 1 N–H and O–H groups in total. The normalized spacial score (nSPS) is 22.0. The van der Waals surface area contributed by atoms with Crippen molar-refractivity contribution in [2.75, 3.05) is 40.3 Å². The number of hydrogen-bond acceptors (Lipinski definition) is 4. The van der Waals surface area contributed by atoms with Crippen LogP contribution < -0.4 is 5.32 Å². The van der Waals surface area contributed by atoms with Crippen LogP contribution in [-0.2, 0) is 9.53 Å². The number of methoxy groups -OCH3 is 1. The van der Waals surface area contributed by atoms with Crippen molar-refractivity contribution in [3.63, 3.8) is 0 Å². The molecule has 1 aliphatic rings. The van der Waals surface area contributed by atoms with Crippen LogP contribution in [0.15, 0.2) is 0 Å². The Morgan fingerprint density at radius 2 is 2.31 bits per heavy atom. The first-order valence-electron chi connectivity index (χ1n) is 6.18. The highest BCUT2D eigenvalue weighted by atomic mass is 16.5. The number of hydrogen-bond donors (Lipinski definition) is 1. The Bertz CT molecular complexity index is 209. The van der Waals surface area contributed by atoms with Crippen molar-refractivity contribution >= 4 is 5.97 Å². The largest absolute Gasteiger partial charge is 0.469 e. The van der Waals surface area contributed by atoms with Crippen molar-refractivity contribution in [2.45, 2.75) is 25.7 Å². The number of carbonyl (C=O) groups excluding carboxylic acids is 1. The first-order chi connectivity index (χ1) is 7.72. The Morgan fingerprint density at radius 1 is 1.50 bits per heavy atom. The van der Waals surface area contributed by atoms with E-state index < -0.39 is 0 Å². The maximum absolute atomic E-state index is 10.9. The van der Waals surface area contributed by atoms with Crippen molar-refractivity contribution in [1.82, 2.24) is 10.2 Å². The van der Waals surface area contributed by atoms with E-state index in [-0.39, 0.29) is 5.97 Å². The van der Waals surface area contributed by atoms with Crippen LogP contribution in [0.4, 0.5) is 0 Å². The number of piperidine rings is 1. The SMILES string of the molecule is COC(=O)CCNCCC1CCCN(C)C1. The summed E-state index contributed by atoms with van der Waals surface area (Å²) in [5, 5.41) is 3.29. The summed E-state index contributed by atoms with van der Waals surface area (Å²) in [6.45, 7) is 4.20. The molecular weight excluding hydrogens is 204 g/mol. The van der Waals surface area contributed by atoms with E-state index in [0.717, 1.165) is 19.0 Å². The van der Waals surface area contributed by atoms with Crippen molar-refractivity contribution < 1.29 is 9.53 Å². The molecule has 1 aliphatic heterocycles. The topological polar surface area (TPSA) is 41.6 Å². The summed E-state index contributed by atoms with van der Waals surface area (Å²) >= 11 is 0. The van der Waals surface area contributed by atoms with Crippen molar-refractivity contribution in [1.29, 1.82) is 0 Å². The Labute approximate surface area is 98.3 Å². The highest BCUT2D eigenvalue weighted by molar-refractivity contribution is 5.69. The van der Waals surface area contributed by atoms with Crippen molar-refractivity contribution in [3.8, 4) is 0 Å². The predicted molar refractivity (Wildman–Crippen MR) is 64.3 cm³/mol. The molecule has 0 amide bonds. The second-order valence-electron chi connectivity index (χ2n) is 4.64. The minimum absolute atomic E-state index is 0.134. The van der Waals surface area contributed by atoms with Gasteiger partial charge in [-0.15, -0.1) is 0 Å². The lowest BCUT2D eigenvalue weighted by Crippen LogP contribution is -2.33. The molecule has 0 aromatic heterocycles. The smallest absolute Gasteiger partial charge is 0.306 e. The van der Waals surface area contributed by atoms with Gasteiger partial charge in [-0.05, 0) is 45.3 Å². The third kappa shape index (κ3) is 5.47. The Morgan fingerprint density at radius 3 is 3.00 bits per heavy atom. The molecule has 1 saturated heterocycles. The van der Waals surface area contributed by atoms with Crippen LogP contribution >= 0.6 is 0 Å². The second-order valence-corrected chi connectivity index (χ2v) is 4.64. The number of nitrogens with zero attached hydrogens (tertiary/aromatic N) is 1. The van der Waals surface area contributed by atoms with Crippen LogP contribution in [0.3, 0.4) is 0 Å². The van der Waals surface area contributed by atoms with Gasteiger partial charge < -0.3 is 15.0 Å². The van der Waals surface area contributed by atoms with Gasteiger partial charge in [-0.1, -0.05) is 0 Å². The summed E-state index contributed by atoms with van der Waals surface area (Å²) in [6.07, 6.45) is 4.36.